The summed E-state index contributed by atoms with van der Waals surface area (Å²) in [5, 5.41) is 22.7. The van der Waals surface area contributed by atoms with Gasteiger partial charge in [0.05, 0.1) is 23.4 Å². The van der Waals surface area contributed by atoms with Gasteiger partial charge in [-0.25, -0.2) is 0 Å². The third-order valence-corrected chi connectivity index (χ3v) is 14.3. The van der Waals surface area contributed by atoms with E-state index >= 15 is 0 Å². The quantitative estimate of drug-likeness (QED) is 0.423. The molecule has 232 valence electrons. The van der Waals surface area contributed by atoms with Gasteiger partial charge in [-0.3, -0.25) is 9.59 Å². The highest BCUT2D eigenvalue weighted by atomic mass is 16.6. The lowest BCUT2D eigenvalue weighted by molar-refractivity contribution is -0.224. The van der Waals surface area contributed by atoms with Crippen LogP contribution in [-0.4, -0.2) is 57.8 Å². The first-order valence-corrected chi connectivity index (χ1v) is 16.2. The van der Waals surface area contributed by atoms with Gasteiger partial charge in [-0.1, -0.05) is 27.7 Å². The van der Waals surface area contributed by atoms with E-state index in [1.165, 1.54) is 13.8 Å². The fraction of sp³-hybridized carbons (Fsp3) is 0.941. The molecule has 1 saturated heterocycles. The third-order valence-electron chi connectivity index (χ3n) is 14.3. The average Bonchev–Trinajstić information content (AvgIpc) is 3.18. The molecule has 7 nitrogen and oxygen atoms in total. The van der Waals surface area contributed by atoms with Crippen LogP contribution in [-0.2, 0) is 23.8 Å². The fourth-order valence-corrected chi connectivity index (χ4v) is 12.8. The van der Waals surface area contributed by atoms with Crippen LogP contribution in [0, 0.1) is 44.8 Å². The van der Waals surface area contributed by atoms with Gasteiger partial charge in [-0.15, -0.1) is 0 Å². The molecule has 0 bridgehead atoms. The zero-order valence-electron chi connectivity index (χ0n) is 26.8. The van der Waals surface area contributed by atoms with Gasteiger partial charge in [0.15, 0.2) is 0 Å². The summed E-state index contributed by atoms with van der Waals surface area (Å²) >= 11 is 0. The van der Waals surface area contributed by atoms with Crippen LogP contribution in [0.1, 0.15) is 120 Å². The second kappa shape index (κ2) is 8.72. The Labute approximate surface area is 246 Å². The Kier molecular flexibility index (Phi) is 6.35. The van der Waals surface area contributed by atoms with E-state index in [2.05, 4.69) is 34.6 Å². The van der Waals surface area contributed by atoms with Gasteiger partial charge < -0.3 is 24.4 Å². The number of carbonyl (C=O) groups excluding carboxylic acids is 2. The second-order valence-electron chi connectivity index (χ2n) is 17.1. The van der Waals surface area contributed by atoms with Gasteiger partial charge in [0.1, 0.15) is 12.2 Å². The molecule has 7 heteroatoms. The van der Waals surface area contributed by atoms with Crippen molar-refractivity contribution < 1.29 is 34.0 Å². The lowest BCUT2D eigenvalue weighted by Crippen LogP contribution is -2.63. The maximum absolute atomic E-state index is 12.6. The number of hydrogen-bond donors (Lipinski definition) is 2. The molecule has 12 atom stereocenters. The Morgan fingerprint density at radius 3 is 2.10 bits per heavy atom. The summed E-state index contributed by atoms with van der Waals surface area (Å²) in [7, 11) is 0. The SMILES string of the molecule is CC(=O)O[C@H]1C[C@@H]2[C@]3(CC[C@]4(C)[C@@H]([C@@]5(C)CC[C@@H](C(C)(C)O)O5)[C@@H](O)C[C@@]24C)C[C@@]32CC[C@H](OC(C)=O)C(C)(C)C12. The van der Waals surface area contributed by atoms with Gasteiger partial charge in [0, 0.05) is 31.1 Å². The lowest BCUT2D eigenvalue weighted by atomic mass is 9.41. The van der Waals surface area contributed by atoms with Crippen LogP contribution in [0.5, 0.6) is 0 Å². The van der Waals surface area contributed by atoms with Gasteiger partial charge in [0.25, 0.3) is 0 Å². The molecule has 0 aromatic rings. The Morgan fingerprint density at radius 2 is 1.51 bits per heavy atom. The van der Waals surface area contributed by atoms with E-state index in [-0.39, 0.29) is 69.2 Å². The van der Waals surface area contributed by atoms with Crippen molar-refractivity contribution in [3.8, 4) is 0 Å². The minimum Gasteiger partial charge on any atom is -0.462 e. The highest BCUT2D eigenvalue weighted by Gasteiger charge is 2.85. The summed E-state index contributed by atoms with van der Waals surface area (Å²) in [5.41, 5.74) is -1.80. The molecule has 5 saturated carbocycles. The van der Waals surface area contributed by atoms with Crippen LogP contribution >= 0.6 is 0 Å². The molecule has 0 aromatic heterocycles. The van der Waals surface area contributed by atoms with Gasteiger partial charge in [-0.2, -0.15) is 0 Å². The van der Waals surface area contributed by atoms with Gasteiger partial charge >= 0.3 is 11.9 Å². The molecule has 1 aliphatic heterocycles. The zero-order chi connectivity index (χ0) is 30.2. The number of hydrogen-bond acceptors (Lipinski definition) is 7. The number of carbonyl (C=O) groups is 2. The van der Waals surface area contributed by atoms with Crippen molar-refractivity contribution in [3.63, 3.8) is 0 Å². The zero-order valence-corrected chi connectivity index (χ0v) is 26.8. The van der Waals surface area contributed by atoms with Crippen LogP contribution in [0.15, 0.2) is 0 Å². The first-order valence-electron chi connectivity index (χ1n) is 16.2. The van der Waals surface area contributed by atoms with Crippen molar-refractivity contribution in [1.82, 2.24) is 0 Å². The van der Waals surface area contributed by atoms with E-state index in [0.29, 0.717) is 5.92 Å². The Morgan fingerprint density at radius 1 is 0.854 bits per heavy atom. The number of esters is 2. The molecule has 6 rings (SSSR count). The van der Waals surface area contributed by atoms with Crippen LogP contribution in [0.25, 0.3) is 0 Å². The highest BCUT2D eigenvalue weighted by Crippen LogP contribution is 2.89. The third kappa shape index (κ3) is 3.79. The number of aliphatic hydroxyl groups is 2. The van der Waals surface area contributed by atoms with Crippen molar-refractivity contribution in [2.24, 2.45) is 44.8 Å². The van der Waals surface area contributed by atoms with Gasteiger partial charge in [0.2, 0.25) is 0 Å². The molecule has 5 aliphatic carbocycles. The van der Waals surface area contributed by atoms with E-state index in [9.17, 15) is 19.8 Å². The van der Waals surface area contributed by atoms with Crippen LogP contribution in [0.4, 0.5) is 0 Å². The molecule has 41 heavy (non-hydrogen) atoms. The summed E-state index contributed by atoms with van der Waals surface area (Å²) < 4.78 is 18.8. The molecule has 0 radical (unpaired) electrons. The van der Waals surface area contributed by atoms with E-state index in [1.807, 2.05) is 13.8 Å². The fourth-order valence-electron chi connectivity index (χ4n) is 12.8. The maximum Gasteiger partial charge on any atom is 0.302 e. The molecule has 6 fully saturated rings. The number of ether oxygens (including phenoxy) is 3. The first kappa shape index (κ1) is 29.9. The van der Waals surface area contributed by atoms with Crippen LogP contribution in [0.3, 0.4) is 0 Å². The predicted molar refractivity (Wildman–Crippen MR) is 154 cm³/mol. The topological polar surface area (TPSA) is 102 Å². The van der Waals surface area contributed by atoms with E-state index in [1.54, 1.807) is 0 Å². The van der Waals surface area contributed by atoms with E-state index in [4.69, 9.17) is 14.2 Å². The van der Waals surface area contributed by atoms with Crippen molar-refractivity contribution in [2.75, 3.05) is 0 Å². The molecule has 6 aliphatic rings. The summed E-state index contributed by atoms with van der Waals surface area (Å²) in [5.74, 6) is -0.0675. The summed E-state index contributed by atoms with van der Waals surface area (Å²) in [6, 6.07) is 0. The molecule has 0 aromatic carbocycles. The van der Waals surface area contributed by atoms with Crippen molar-refractivity contribution in [1.29, 1.82) is 0 Å². The van der Waals surface area contributed by atoms with E-state index in [0.717, 1.165) is 57.8 Å². The van der Waals surface area contributed by atoms with Crippen molar-refractivity contribution >= 4 is 11.9 Å². The lowest BCUT2D eigenvalue weighted by Gasteiger charge is -2.64. The second-order valence-corrected chi connectivity index (χ2v) is 17.1. The number of aliphatic hydroxyl groups excluding tert-OH is 1. The Balaban J connectivity index is 1.38. The number of rotatable bonds is 4. The molecule has 2 N–H and O–H groups in total. The first-order chi connectivity index (χ1) is 18.8. The molecular formula is C34H54O7. The average molecular weight is 575 g/mol. The van der Waals surface area contributed by atoms with Crippen molar-refractivity contribution in [3.05, 3.63) is 0 Å². The molecule has 1 heterocycles. The molecule has 0 amide bonds. The molecule has 1 unspecified atom stereocenters. The normalized spacial score (nSPS) is 53.4. The predicted octanol–water partition coefficient (Wildman–Crippen LogP) is 5.58. The minimum atomic E-state index is -0.921. The van der Waals surface area contributed by atoms with Gasteiger partial charge in [-0.05, 0) is 106 Å². The Hall–Kier alpha value is -1.18. The largest absolute Gasteiger partial charge is 0.462 e. The molecule has 2 spiro atoms. The smallest absolute Gasteiger partial charge is 0.302 e. The van der Waals surface area contributed by atoms with E-state index < -0.39 is 17.3 Å². The Bertz CT molecular complexity index is 1130. The minimum absolute atomic E-state index is 0.0274. The maximum atomic E-state index is 12.6. The number of fused-ring (bicyclic) bond motifs is 2. The standard InChI is InChI=1S/C34H54O7/c1-19(35)39-22-16-23-31(8)17-21(37)26(32(9)12-10-25(41-32)29(5,6)38)30(31,7)14-15-33(23)18-34(33)13-11-24(40-20(2)36)28(3,4)27(22)34/h21-27,37-38H,10-18H2,1-9H3/t21-,22-,23-,24-,25-,26-,27?,30+,31-,32+,33-,34+/m0/s1. The summed E-state index contributed by atoms with van der Waals surface area (Å²) in [4.78, 5) is 24.6. The summed E-state index contributed by atoms with van der Waals surface area (Å²) in [6.45, 7) is 18.1. The van der Waals surface area contributed by atoms with Crippen LogP contribution < -0.4 is 0 Å². The monoisotopic (exact) mass is 574 g/mol. The summed E-state index contributed by atoms with van der Waals surface area (Å²) in [6.07, 6.45) is 7.08. The van der Waals surface area contributed by atoms with Crippen LogP contribution in [0.2, 0.25) is 0 Å². The highest BCUT2D eigenvalue weighted by molar-refractivity contribution is 5.67. The van der Waals surface area contributed by atoms with Crippen molar-refractivity contribution in [2.45, 2.75) is 156 Å². The molecular weight excluding hydrogens is 520 g/mol.